The molecule has 0 spiro atoms. The van der Waals surface area contributed by atoms with Crippen molar-refractivity contribution in [1.29, 1.82) is 0 Å². The normalized spacial score (nSPS) is 14.6. The molecule has 0 bridgehead atoms. The van der Waals surface area contributed by atoms with Crippen molar-refractivity contribution < 1.29 is 13.9 Å². The number of amides is 1. The molecule has 1 aliphatic rings. The Morgan fingerprint density at radius 3 is 2.50 bits per heavy atom. The highest BCUT2D eigenvalue weighted by molar-refractivity contribution is 5.78. The predicted molar refractivity (Wildman–Crippen MR) is 127 cm³/mol. The molecule has 1 aromatic carbocycles. The third-order valence-electron chi connectivity index (χ3n) is 5.77. The average Bonchev–Trinajstić information content (AvgIpc) is 2.85. The van der Waals surface area contributed by atoms with Crippen LogP contribution in [-0.2, 0) is 17.8 Å². The zero-order valence-electron chi connectivity index (χ0n) is 19.3. The molecule has 2 aromatic heterocycles. The van der Waals surface area contributed by atoms with E-state index in [-0.39, 0.29) is 24.8 Å². The second kappa shape index (κ2) is 11.6. The number of nitrogens with one attached hydrogen (secondary N) is 1. The van der Waals surface area contributed by atoms with Crippen molar-refractivity contribution in [2.45, 2.75) is 13.0 Å². The number of aromatic nitrogens is 3. The van der Waals surface area contributed by atoms with Crippen molar-refractivity contribution in [1.82, 2.24) is 30.1 Å². The number of hydrogen-bond donors (Lipinski definition) is 1. The van der Waals surface area contributed by atoms with Crippen LogP contribution in [0.25, 0.3) is 11.1 Å². The molecule has 3 aromatic rings. The van der Waals surface area contributed by atoms with Gasteiger partial charge in [-0.2, -0.15) is 9.37 Å². The Balaban J connectivity index is 1.26. The minimum absolute atomic E-state index is 0.133. The number of carbonyl (C=O) groups is 1. The molecule has 34 heavy (non-hydrogen) atoms. The summed E-state index contributed by atoms with van der Waals surface area (Å²) in [4.78, 5) is 28.9. The quantitative estimate of drug-likeness (QED) is 0.486. The number of likely N-dealkylation sites (N-methyl/N-ethyl adjacent to an activating group) is 1. The van der Waals surface area contributed by atoms with E-state index in [0.29, 0.717) is 23.6 Å². The van der Waals surface area contributed by atoms with Crippen molar-refractivity contribution >= 4 is 5.91 Å². The van der Waals surface area contributed by atoms with E-state index in [0.717, 1.165) is 38.3 Å². The summed E-state index contributed by atoms with van der Waals surface area (Å²) >= 11 is 0. The average molecular weight is 465 g/mol. The van der Waals surface area contributed by atoms with Crippen molar-refractivity contribution in [3.05, 3.63) is 72.2 Å². The van der Waals surface area contributed by atoms with E-state index >= 15 is 0 Å². The van der Waals surface area contributed by atoms with E-state index in [4.69, 9.17) is 4.74 Å². The molecule has 1 amide bonds. The Hall–Kier alpha value is -3.43. The van der Waals surface area contributed by atoms with Crippen LogP contribution in [0.4, 0.5) is 4.39 Å². The molecule has 0 aliphatic carbocycles. The maximum absolute atomic E-state index is 14.7. The summed E-state index contributed by atoms with van der Waals surface area (Å²) in [5.41, 5.74) is 1.91. The first-order chi connectivity index (χ1) is 16.6. The highest BCUT2D eigenvalue weighted by Gasteiger charge is 2.14. The van der Waals surface area contributed by atoms with E-state index in [1.807, 2.05) is 12.1 Å². The summed E-state index contributed by atoms with van der Waals surface area (Å²) in [6.07, 6.45) is 3.48. The molecule has 9 heteroatoms. The molecule has 1 N–H and O–H groups in total. The second-order valence-electron chi connectivity index (χ2n) is 8.30. The lowest BCUT2D eigenvalue weighted by Crippen LogP contribution is -2.45. The fourth-order valence-corrected chi connectivity index (χ4v) is 3.71. The van der Waals surface area contributed by atoms with Gasteiger partial charge in [-0.05, 0) is 30.3 Å². The molecular formula is C25H29FN6O2. The van der Waals surface area contributed by atoms with E-state index in [1.54, 1.807) is 42.7 Å². The largest absolute Gasteiger partial charge is 0.476 e. The lowest BCUT2D eigenvalue weighted by atomic mass is 10.0. The highest BCUT2D eigenvalue weighted by atomic mass is 19.1. The Kier molecular flexibility index (Phi) is 8.11. The van der Waals surface area contributed by atoms with Gasteiger partial charge in [0.25, 0.3) is 0 Å². The van der Waals surface area contributed by atoms with Gasteiger partial charge in [-0.15, -0.1) is 0 Å². The fraction of sp³-hybridized carbons (Fsp3) is 0.360. The van der Waals surface area contributed by atoms with Crippen LogP contribution in [0.1, 0.15) is 11.4 Å². The third kappa shape index (κ3) is 6.79. The fourth-order valence-electron chi connectivity index (χ4n) is 3.71. The zero-order valence-corrected chi connectivity index (χ0v) is 19.3. The van der Waals surface area contributed by atoms with Crippen LogP contribution < -0.4 is 10.1 Å². The first kappa shape index (κ1) is 23.7. The minimum Gasteiger partial charge on any atom is -0.476 e. The van der Waals surface area contributed by atoms with Gasteiger partial charge in [0.05, 0.1) is 13.0 Å². The molecule has 0 atom stereocenters. The molecule has 1 fully saturated rings. The summed E-state index contributed by atoms with van der Waals surface area (Å²) in [7, 11) is 2.12. The Morgan fingerprint density at radius 2 is 1.79 bits per heavy atom. The second-order valence-corrected chi connectivity index (χ2v) is 8.30. The van der Waals surface area contributed by atoms with Crippen LogP contribution in [0, 0.1) is 5.95 Å². The first-order valence-electron chi connectivity index (χ1n) is 11.4. The SMILES string of the molecule is CN1CCN(CCOc2ccc(-c3ccc(CC(=O)NCc4ncccn4)cc3)c(F)n2)CC1. The number of ether oxygens (including phenoxy) is 1. The number of halogens is 1. The third-order valence-corrected chi connectivity index (χ3v) is 5.77. The van der Waals surface area contributed by atoms with Crippen LogP contribution in [0.15, 0.2) is 54.9 Å². The first-order valence-corrected chi connectivity index (χ1v) is 11.4. The van der Waals surface area contributed by atoms with E-state index in [1.165, 1.54) is 0 Å². The maximum Gasteiger partial charge on any atom is 0.224 e. The smallest absolute Gasteiger partial charge is 0.224 e. The molecule has 1 saturated heterocycles. The molecule has 178 valence electrons. The number of pyridine rings is 1. The number of nitrogens with zero attached hydrogens (tertiary/aromatic N) is 5. The van der Waals surface area contributed by atoms with Gasteiger partial charge in [-0.1, -0.05) is 24.3 Å². The van der Waals surface area contributed by atoms with Crippen LogP contribution in [0.3, 0.4) is 0 Å². The topological polar surface area (TPSA) is 83.5 Å². The minimum atomic E-state index is -0.578. The lowest BCUT2D eigenvalue weighted by Gasteiger charge is -2.32. The van der Waals surface area contributed by atoms with Gasteiger partial charge in [0, 0.05) is 56.7 Å². The molecule has 0 saturated carbocycles. The predicted octanol–water partition coefficient (Wildman–Crippen LogP) is 2.16. The highest BCUT2D eigenvalue weighted by Crippen LogP contribution is 2.24. The van der Waals surface area contributed by atoms with E-state index in [9.17, 15) is 9.18 Å². The van der Waals surface area contributed by atoms with Crippen LogP contribution >= 0.6 is 0 Å². The van der Waals surface area contributed by atoms with E-state index in [2.05, 4.69) is 37.1 Å². The zero-order chi connectivity index (χ0) is 23.8. The Morgan fingerprint density at radius 1 is 1.06 bits per heavy atom. The van der Waals surface area contributed by atoms with Gasteiger partial charge in [0.2, 0.25) is 17.7 Å². The molecule has 3 heterocycles. The number of piperazine rings is 1. The van der Waals surface area contributed by atoms with Crippen LogP contribution in [0.5, 0.6) is 5.88 Å². The summed E-state index contributed by atoms with van der Waals surface area (Å²) < 4.78 is 20.3. The Bertz CT molecular complexity index is 1070. The van der Waals surface area contributed by atoms with Crippen molar-refractivity contribution in [3.63, 3.8) is 0 Å². The lowest BCUT2D eigenvalue weighted by molar-refractivity contribution is -0.120. The van der Waals surface area contributed by atoms with E-state index < -0.39 is 5.95 Å². The van der Waals surface area contributed by atoms with Crippen molar-refractivity contribution in [2.75, 3.05) is 46.4 Å². The molecule has 0 unspecified atom stereocenters. The van der Waals surface area contributed by atoms with Crippen LogP contribution in [-0.4, -0.2) is 77.0 Å². The van der Waals surface area contributed by atoms with Gasteiger partial charge < -0.3 is 15.0 Å². The van der Waals surface area contributed by atoms with Gasteiger partial charge in [0.1, 0.15) is 12.4 Å². The van der Waals surface area contributed by atoms with Crippen LogP contribution in [0.2, 0.25) is 0 Å². The molecule has 1 aliphatic heterocycles. The monoisotopic (exact) mass is 464 g/mol. The molecular weight excluding hydrogens is 435 g/mol. The number of carbonyl (C=O) groups excluding carboxylic acids is 1. The van der Waals surface area contributed by atoms with Gasteiger partial charge >= 0.3 is 0 Å². The maximum atomic E-state index is 14.7. The van der Waals surface area contributed by atoms with Gasteiger partial charge in [-0.25, -0.2) is 9.97 Å². The summed E-state index contributed by atoms with van der Waals surface area (Å²) in [5, 5.41) is 2.80. The molecule has 8 nitrogen and oxygen atoms in total. The summed E-state index contributed by atoms with van der Waals surface area (Å²) in [6, 6.07) is 12.3. The molecule has 0 radical (unpaired) electrons. The number of hydrogen-bond acceptors (Lipinski definition) is 7. The Labute approximate surface area is 198 Å². The van der Waals surface area contributed by atoms with Gasteiger partial charge in [0.15, 0.2) is 0 Å². The standard InChI is InChI=1S/C25H29FN6O2/c1-31-11-13-32(14-12-31)15-16-34-24-8-7-21(25(26)30-24)20-5-3-19(4-6-20)17-23(33)29-18-22-27-9-2-10-28-22/h2-10H,11-18H2,1H3,(H,29,33). The van der Waals surface area contributed by atoms with Crippen molar-refractivity contribution in [2.24, 2.45) is 0 Å². The number of rotatable bonds is 9. The van der Waals surface area contributed by atoms with Crippen molar-refractivity contribution in [3.8, 4) is 17.0 Å². The number of benzene rings is 1. The van der Waals surface area contributed by atoms with Gasteiger partial charge in [-0.3, -0.25) is 9.69 Å². The molecule has 4 rings (SSSR count). The summed E-state index contributed by atoms with van der Waals surface area (Å²) in [5.74, 6) is 0.128. The summed E-state index contributed by atoms with van der Waals surface area (Å²) in [6.45, 7) is 5.67.